The maximum Gasteiger partial charge on any atom is 0.161 e. The van der Waals surface area contributed by atoms with Gasteiger partial charge in [-0.25, -0.2) is 0 Å². The molecule has 20 heavy (non-hydrogen) atoms. The number of ether oxygens (including phenoxy) is 2. The first-order chi connectivity index (χ1) is 9.85. The molecule has 4 heteroatoms. The molecule has 2 aromatic rings. The Labute approximate surface area is 118 Å². The second kappa shape index (κ2) is 5.92. The van der Waals surface area contributed by atoms with Crippen LogP contribution in [0.15, 0.2) is 42.6 Å². The third-order valence-corrected chi connectivity index (χ3v) is 3.35. The van der Waals surface area contributed by atoms with Crippen LogP contribution >= 0.6 is 0 Å². The van der Waals surface area contributed by atoms with Gasteiger partial charge in [0.2, 0.25) is 0 Å². The van der Waals surface area contributed by atoms with E-state index in [-0.39, 0.29) is 12.7 Å². The topological polar surface area (TPSA) is 51.6 Å². The molecule has 0 aliphatic carbocycles. The van der Waals surface area contributed by atoms with Crippen LogP contribution in [-0.2, 0) is 13.0 Å². The number of para-hydroxylation sites is 2. The van der Waals surface area contributed by atoms with Crippen LogP contribution in [-0.4, -0.2) is 22.8 Å². The highest BCUT2D eigenvalue weighted by molar-refractivity contribution is 5.40. The Kier molecular flexibility index (Phi) is 3.83. The minimum atomic E-state index is 0.0458. The number of hydrogen-bond donors (Lipinski definition) is 1. The number of aromatic nitrogens is 1. The molecule has 0 amide bonds. The van der Waals surface area contributed by atoms with Crippen LogP contribution in [0.25, 0.3) is 0 Å². The first kappa shape index (κ1) is 12.9. The van der Waals surface area contributed by atoms with Gasteiger partial charge in [-0.1, -0.05) is 12.1 Å². The molecular formula is C16H17NO3. The molecule has 0 bridgehead atoms. The van der Waals surface area contributed by atoms with Crippen molar-refractivity contribution < 1.29 is 14.6 Å². The normalized spacial score (nSPS) is 16.9. The van der Waals surface area contributed by atoms with Gasteiger partial charge in [0.05, 0.1) is 6.61 Å². The van der Waals surface area contributed by atoms with Crippen LogP contribution in [0.3, 0.4) is 0 Å². The lowest BCUT2D eigenvalue weighted by atomic mass is 10.1. The van der Waals surface area contributed by atoms with Crippen LogP contribution in [0.4, 0.5) is 0 Å². The minimum Gasteiger partial charge on any atom is -0.486 e. The van der Waals surface area contributed by atoms with Gasteiger partial charge >= 0.3 is 0 Å². The van der Waals surface area contributed by atoms with Gasteiger partial charge in [0.15, 0.2) is 11.5 Å². The number of benzene rings is 1. The van der Waals surface area contributed by atoms with Crippen molar-refractivity contribution in [2.45, 2.75) is 25.6 Å². The maximum atomic E-state index is 9.12. The van der Waals surface area contributed by atoms with E-state index in [0.29, 0.717) is 6.61 Å². The predicted octanol–water partition coefficient (Wildman–Crippen LogP) is 2.35. The van der Waals surface area contributed by atoms with Crippen molar-refractivity contribution in [2.75, 3.05) is 6.61 Å². The first-order valence-corrected chi connectivity index (χ1v) is 6.78. The van der Waals surface area contributed by atoms with E-state index in [4.69, 9.17) is 14.6 Å². The lowest BCUT2D eigenvalue weighted by Gasteiger charge is -2.26. The fourth-order valence-corrected chi connectivity index (χ4v) is 2.28. The summed E-state index contributed by atoms with van der Waals surface area (Å²) in [6.07, 6.45) is 3.43. The number of hydrogen-bond acceptors (Lipinski definition) is 4. The van der Waals surface area contributed by atoms with Crippen molar-refractivity contribution in [3.05, 3.63) is 53.9 Å². The standard InChI is InChI=1S/C16H17NO3/c18-10-12-7-8-17-13(9-12)5-6-14-11-19-15-3-1-2-4-16(15)20-14/h1-4,7-9,14,18H,5-6,10-11H2/t14-/m0/s1. The highest BCUT2D eigenvalue weighted by Gasteiger charge is 2.20. The number of aliphatic hydroxyl groups is 1. The minimum absolute atomic E-state index is 0.0458. The summed E-state index contributed by atoms with van der Waals surface area (Å²) in [6, 6.07) is 11.5. The monoisotopic (exact) mass is 271 g/mol. The lowest BCUT2D eigenvalue weighted by molar-refractivity contribution is 0.0849. The summed E-state index contributed by atoms with van der Waals surface area (Å²) in [6.45, 7) is 0.614. The average Bonchev–Trinajstić information content (AvgIpc) is 2.53. The van der Waals surface area contributed by atoms with Crippen molar-refractivity contribution in [3.8, 4) is 11.5 Å². The summed E-state index contributed by atoms with van der Waals surface area (Å²) in [5.74, 6) is 1.62. The Morgan fingerprint density at radius 1 is 1.20 bits per heavy atom. The Bertz CT molecular complexity index is 585. The third kappa shape index (κ3) is 2.91. The van der Waals surface area contributed by atoms with Gasteiger partial charge < -0.3 is 14.6 Å². The highest BCUT2D eigenvalue weighted by atomic mass is 16.6. The summed E-state index contributed by atoms with van der Waals surface area (Å²) in [4.78, 5) is 4.31. The van der Waals surface area contributed by atoms with Gasteiger partial charge in [0, 0.05) is 11.9 Å². The predicted molar refractivity (Wildman–Crippen MR) is 74.8 cm³/mol. The molecule has 1 atom stereocenters. The molecule has 1 aromatic carbocycles. The van der Waals surface area contributed by atoms with E-state index in [1.807, 2.05) is 36.4 Å². The molecule has 1 aliphatic rings. The Hall–Kier alpha value is -2.07. The molecule has 0 fully saturated rings. The zero-order valence-electron chi connectivity index (χ0n) is 11.2. The van der Waals surface area contributed by atoms with E-state index >= 15 is 0 Å². The van der Waals surface area contributed by atoms with E-state index < -0.39 is 0 Å². The second-order valence-corrected chi connectivity index (χ2v) is 4.85. The molecule has 0 radical (unpaired) electrons. The van der Waals surface area contributed by atoms with Crippen molar-refractivity contribution >= 4 is 0 Å². The Morgan fingerprint density at radius 2 is 2.05 bits per heavy atom. The molecule has 104 valence electrons. The fraction of sp³-hybridized carbons (Fsp3) is 0.312. The first-order valence-electron chi connectivity index (χ1n) is 6.78. The number of pyridine rings is 1. The van der Waals surface area contributed by atoms with Crippen molar-refractivity contribution in [1.82, 2.24) is 4.98 Å². The zero-order chi connectivity index (χ0) is 13.8. The fourth-order valence-electron chi connectivity index (χ4n) is 2.28. The van der Waals surface area contributed by atoms with Crippen LogP contribution in [0, 0.1) is 0 Å². The maximum absolute atomic E-state index is 9.12. The van der Waals surface area contributed by atoms with Crippen molar-refractivity contribution in [3.63, 3.8) is 0 Å². The molecule has 2 heterocycles. The summed E-state index contributed by atoms with van der Waals surface area (Å²) in [5, 5.41) is 9.12. The second-order valence-electron chi connectivity index (χ2n) is 4.85. The molecule has 0 saturated heterocycles. The molecule has 0 unspecified atom stereocenters. The Balaban J connectivity index is 1.60. The van der Waals surface area contributed by atoms with E-state index in [0.717, 1.165) is 35.6 Å². The Morgan fingerprint density at radius 3 is 2.90 bits per heavy atom. The molecule has 1 aromatic heterocycles. The van der Waals surface area contributed by atoms with E-state index in [2.05, 4.69) is 4.98 Å². The smallest absolute Gasteiger partial charge is 0.161 e. The van der Waals surface area contributed by atoms with Gasteiger partial charge in [0.25, 0.3) is 0 Å². The number of fused-ring (bicyclic) bond motifs is 1. The van der Waals surface area contributed by atoms with Crippen LogP contribution < -0.4 is 9.47 Å². The lowest BCUT2D eigenvalue weighted by Crippen LogP contribution is -2.29. The zero-order valence-corrected chi connectivity index (χ0v) is 11.2. The summed E-state index contributed by atoms with van der Waals surface area (Å²) >= 11 is 0. The third-order valence-electron chi connectivity index (χ3n) is 3.35. The van der Waals surface area contributed by atoms with E-state index in [1.54, 1.807) is 6.20 Å². The molecular weight excluding hydrogens is 254 g/mol. The molecule has 3 rings (SSSR count). The largest absolute Gasteiger partial charge is 0.486 e. The van der Waals surface area contributed by atoms with Crippen molar-refractivity contribution in [1.29, 1.82) is 0 Å². The molecule has 1 aliphatic heterocycles. The quantitative estimate of drug-likeness (QED) is 0.927. The molecule has 1 N–H and O–H groups in total. The average molecular weight is 271 g/mol. The van der Waals surface area contributed by atoms with Crippen LogP contribution in [0.1, 0.15) is 17.7 Å². The van der Waals surface area contributed by atoms with E-state index in [1.165, 1.54) is 0 Å². The van der Waals surface area contributed by atoms with Crippen LogP contribution in [0.5, 0.6) is 11.5 Å². The van der Waals surface area contributed by atoms with E-state index in [9.17, 15) is 0 Å². The number of aliphatic hydroxyl groups excluding tert-OH is 1. The number of aryl methyl sites for hydroxylation is 1. The summed E-state index contributed by atoms with van der Waals surface area (Å²) in [7, 11) is 0. The molecule has 4 nitrogen and oxygen atoms in total. The van der Waals surface area contributed by atoms with Gasteiger partial charge in [-0.2, -0.15) is 0 Å². The molecule has 0 saturated carbocycles. The SMILES string of the molecule is OCc1ccnc(CC[C@H]2COc3ccccc3O2)c1. The number of nitrogens with zero attached hydrogens (tertiary/aromatic N) is 1. The summed E-state index contributed by atoms with van der Waals surface area (Å²) in [5.41, 5.74) is 1.86. The van der Waals surface area contributed by atoms with Crippen LogP contribution in [0.2, 0.25) is 0 Å². The summed E-state index contributed by atoms with van der Waals surface area (Å²) < 4.78 is 11.6. The van der Waals surface area contributed by atoms with Gasteiger partial charge in [-0.15, -0.1) is 0 Å². The van der Waals surface area contributed by atoms with Gasteiger partial charge in [-0.05, 0) is 42.7 Å². The highest BCUT2D eigenvalue weighted by Crippen LogP contribution is 2.31. The number of rotatable bonds is 4. The van der Waals surface area contributed by atoms with Gasteiger partial charge in [0.1, 0.15) is 12.7 Å². The van der Waals surface area contributed by atoms with Gasteiger partial charge in [-0.3, -0.25) is 4.98 Å². The molecule has 0 spiro atoms. The van der Waals surface area contributed by atoms with Crippen molar-refractivity contribution in [2.24, 2.45) is 0 Å².